The molecule has 320 valence electrons. The summed E-state index contributed by atoms with van der Waals surface area (Å²) in [5.41, 5.74) is 0. The number of hydrogen-bond donors (Lipinski definition) is 0. The van der Waals surface area contributed by atoms with Gasteiger partial charge in [0.05, 0.1) is 0 Å². The van der Waals surface area contributed by atoms with Crippen LogP contribution in [-0.2, 0) is 0 Å². The Kier molecular flexibility index (Phi) is 17.1. The molecule has 18 rings (SSSR count). The van der Waals surface area contributed by atoms with Gasteiger partial charge in [-0.1, -0.05) is 211 Å². The second-order valence-corrected chi connectivity index (χ2v) is 23.9. The Hall–Kier alpha value is -0.260. The van der Waals surface area contributed by atoms with Crippen molar-refractivity contribution in [2.75, 3.05) is 0 Å². The molecule has 0 saturated heterocycles. The van der Waals surface area contributed by atoms with Crippen molar-refractivity contribution >= 4 is 0 Å². The van der Waals surface area contributed by atoms with Crippen LogP contribution < -0.4 is 0 Å². The van der Waals surface area contributed by atoms with E-state index in [4.69, 9.17) is 0 Å². The van der Waals surface area contributed by atoms with Crippen LogP contribution >= 0.6 is 0 Å². The van der Waals surface area contributed by atoms with Gasteiger partial charge in [0.1, 0.15) is 0 Å². The van der Waals surface area contributed by atoms with Gasteiger partial charge in [-0.3, -0.25) is 0 Å². The Balaban J connectivity index is 0.0000000920. The lowest BCUT2D eigenvalue weighted by Crippen LogP contribution is -2.28. The number of hydrogen-bond acceptors (Lipinski definition) is 0. The Bertz CT molecular complexity index is 934. The zero-order valence-corrected chi connectivity index (χ0v) is 37.5. The van der Waals surface area contributed by atoms with Gasteiger partial charge in [-0.15, -0.1) is 0 Å². The third-order valence-electron chi connectivity index (χ3n) is 19.8. The fourth-order valence-corrected chi connectivity index (χ4v) is 15.9. The third-order valence-corrected chi connectivity index (χ3v) is 19.8. The highest BCUT2D eigenvalue weighted by molar-refractivity contribution is 5.00. The van der Waals surface area contributed by atoms with Crippen LogP contribution in [0.4, 0.5) is 0 Å². The highest BCUT2D eigenvalue weighted by Gasteiger charge is 2.33. The summed E-state index contributed by atoms with van der Waals surface area (Å²) < 4.78 is 0. The summed E-state index contributed by atoms with van der Waals surface area (Å²) in [6.45, 7) is 0. The van der Waals surface area contributed by atoms with Gasteiger partial charge in [-0.25, -0.2) is 0 Å². The van der Waals surface area contributed by atoms with Crippen LogP contribution in [0.25, 0.3) is 0 Å². The fraction of sp³-hybridized carbons (Fsp3) is 0.964. The largest absolute Gasteiger partial charge is 0.0851 e. The smallest absolute Gasteiger partial charge is 0.0233 e. The van der Waals surface area contributed by atoms with E-state index < -0.39 is 0 Å². The molecule has 0 N–H and O–H groups in total. The molecule has 0 aromatic rings. The van der Waals surface area contributed by atoms with E-state index in [9.17, 15) is 0 Å². The van der Waals surface area contributed by atoms with E-state index >= 15 is 0 Å². The lowest BCUT2D eigenvalue weighted by molar-refractivity contribution is 0.116. The lowest BCUT2D eigenvalue weighted by atomic mass is 9.65. The van der Waals surface area contributed by atoms with E-state index in [1.165, 1.54) is 81.5 Å². The van der Waals surface area contributed by atoms with Crippen LogP contribution in [0.5, 0.6) is 0 Å². The Morgan fingerprint density at radius 1 is 0.161 bits per heavy atom. The third kappa shape index (κ3) is 13.6. The van der Waals surface area contributed by atoms with Crippen molar-refractivity contribution in [3.63, 3.8) is 0 Å². The van der Waals surface area contributed by atoms with E-state index in [-0.39, 0.29) is 0 Å². The maximum absolute atomic E-state index is 2.45. The molecule has 56 heavy (non-hydrogen) atoms. The molecule has 0 amide bonds. The molecule has 0 aliphatic heterocycles. The molecule has 18 aliphatic rings. The molecule has 0 aromatic carbocycles. The molecule has 16 saturated carbocycles. The summed E-state index contributed by atoms with van der Waals surface area (Å²) in [4.78, 5) is 0. The number of allylic oxidation sites excluding steroid dienone is 2. The van der Waals surface area contributed by atoms with Crippen molar-refractivity contribution in [1.82, 2.24) is 0 Å². The van der Waals surface area contributed by atoms with Gasteiger partial charge in [0.25, 0.3) is 0 Å². The minimum absolute atomic E-state index is 0.962. The van der Waals surface area contributed by atoms with Crippen LogP contribution in [-0.4, -0.2) is 0 Å². The minimum Gasteiger partial charge on any atom is -0.0851 e. The van der Waals surface area contributed by atoms with E-state index in [1.807, 2.05) is 0 Å². The second-order valence-electron chi connectivity index (χ2n) is 23.9. The first-order valence-electron chi connectivity index (χ1n) is 27.3. The van der Waals surface area contributed by atoms with Gasteiger partial charge in [0, 0.05) is 0 Å². The van der Waals surface area contributed by atoms with E-state index in [0.29, 0.717) is 0 Å². The highest BCUT2D eigenvalue weighted by Crippen LogP contribution is 2.46. The molecule has 18 aliphatic carbocycles. The average Bonchev–Trinajstić information content (AvgIpc) is 3.88. The molecule has 0 spiro atoms. The van der Waals surface area contributed by atoms with Gasteiger partial charge >= 0.3 is 0 Å². The molecule has 16 fully saturated rings. The Labute approximate surface area is 350 Å². The molecule has 0 aromatic heterocycles. The van der Waals surface area contributed by atoms with Crippen molar-refractivity contribution in [1.29, 1.82) is 0 Å². The van der Waals surface area contributed by atoms with Crippen molar-refractivity contribution in [3.05, 3.63) is 12.2 Å². The summed E-state index contributed by atoms with van der Waals surface area (Å²) in [5.74, 6) is 15.9. The molecular weight excluding hydrogens is 673 g/mol. The van der Waals surface area contributed by atoms with Crippen molar-refractivity contribution in [3.8, 4) is 0 Å². The predicted molar refractivity (Wildman–Crippen MR) is 243 cm³/mol. The molecule has 0 heterocycles. The first-order chi connectivity index (χ1) is 27.6. The minimum atomic E-state index is 0.962. The summed E-state index contributed by atoms with van der Waals surface area (Å²) >= 11 is 0. The maximum Gasteiger partial charge on any atom is -0.0233 e. The zero-order valence-electron chi connectivity index (χ0n) is 37.5. The maximum atomic E-state index is 2.45. The van der Waals surface area contributed by atoms with Gasteiger partial charge in [0.2, 0.25) is 0 Å². The van der Waals surface area contributed by atoms with Crippen molar-refractivity contribution in [2.45, 2.75) is 257 Å². The second kappa shape index (κ2) is 22.5. The summed E-state index contributed by atoms with van der Waals surface area (Å²) in [6, 6.07) is 0. The first-order valence-corrected chi connectivity index (χ1v) is 27.3. The Morgan fingerprint density at radius 3 is 0.589 bits per heavy atom. The van der Waals surface area contributed by atoms with Gasteiger partial charge in [-0.05, 0) is 141 Å². The Morgan fingerprint density at radius 2 is 0.357 bits per heavy atom. The molecule has 0 heteroatoms. The molecule has 0 nitrogen and oxygen atoms in total. The highest BCUT2D eigenvalue weighted by atomic mass is 14.4. The van der Waals surface area contributed by atoms with Crippen LogP contribution in [0, 0.1) is 82.9 Å². The standard InChI is InChI=1S/C9H16.C9H14.3C8H14.2C7H12/c2*1-2-8-4-6-9(3-1)7-5-8;1-2-8-5-3-7(1)4-6-8;2*1-2-7-4-5-8(3-1)6-7;1-2-7-4-3-6(1)5-7;1-2-6-4-7(3-1)5-6/h8-9H,1-7H2;4,6,8-9H,1-3,5,7H2;3*7-8H,1-6H2;2*6-7H,1-5H2. The van der Waals surface area contributed by atoms with Crippen LogP contribution in [0.2, 0.25) is 0 Å². The number of fused-ring (bicyclic) bond motifs is 18. The molecule has 6 unspecified atom stereocenters. The molecule has 6 atom stereocenters. The van der Waals surface area contributed by atoms with E-state index in [2.05, 4.69) is 12.2 Å². The normalized spacial score (nSPS) is 44.7. The summed E-state index contributed by atoms with van der Waals surface area (Å²) in [6.07, 6.45) is 66.8. The van der Waals surface area contributed by atoms with Gasteiger partial charge in [-0.2, -0.15) is 0 Å². The summed E-state index contributed by atoms with van der Waals surface area (Å²) in [5, 5.41) is 0. The van der Waals surface area contributed by atoms with Gasteiger partial charge < -0.3 is 0 Å². The molecule has 14 bridgehead atoms. The van der Waals surface area contributed by atoms with Crippen LogP contribution in [0.3, 0.4) is 0 Å². The quantitative estimate of drug-likeness (QED) is 0.215. The first kappa shape index (κ1) is 42.4. The van der Waals surface area contributed by atoms with Crippen LogP contribution in [0.1, 0.15) is 257 Å². The average molecular weight is 769 g/mol. The van der Waals surface area contributed by atoms with Crippen LogP contribution in [0.15, 0.2) is 12.2 Å². The molecular formula is C56H96. The zero-order chi connectivity index (χ0) is 37.8. The topological polar surface area (TPSA) is 0 Å². The number of rotatable bonds is 0. The fourth-order valence-electron chi connectivity index (χ4n) is 15.9. The SMILES string of the molecule is C1=CC2CCCC1CC2.C1CC2CC(C1)C2.C1CC2CCC(C1)C2.C1CC2CCC(C1)C2.C1CC2CCC(C1)CC2.C1CC2CCC1C2.C1CC2CCC1CC2. The van der Waals surface area contributed by atoms with Crippen molar-refractivity contribution in [2.24, 2.45) is 82.9 Å². The lowest BCUT2D eigenvalue weighted by Gasteiger charge is -2.40. The summed E-state index contributed by atoms with van der Waals surface area (Å²) in [7, 11) is 0. The monoisotopic (exact) mass is 769 g/mol. The van der Waals surface area contributed by atoms with Gasteiger partial charge in [0.15, 0.2) is 0 Å². The van der Waals surface area contributed by atoms with Crippen molar-refractivity contribution < 1.29 is 0 Å². The van der Waals surface area contributed by atoms with E-state index in [0.717, 1.165) is 59.2 Å². The molecule has 0 radical (unpaired) electrons. The van der Waals surface area contributed by atoms with E-state index in [1.54, 1.807) is 199 Å². The predicted octanol–water partition coefficient (Wildman–Crippen LogP) is 17.9.